The van der Waals surface area contributed by atoms with Gasteiger partial charge in [0.15, 0.2) is 0 Å². The number of anilines is 1. The predicted octanol–water partition coefficient (Wildman–Crippen LogP) is 0.0193. The molecule has 0 unspecified atom stereocenters. The monoisotopic (exact) mass is 270 g/mol. The van der Waals surface area contributed by atoms with Gasteiger partial charge < -0.3 is 20.8 Å². The van der Waals surface area contributed by atoms with E-state index in [1.165, 1.54) is 6.07 Å². The number of carbonyl (C=O) groups excluding carboxylic acids is 1. The van der Waals surface area contributed by atoms with Gasteiger partial charge in [-0.15, -0.1) is 0 Å². The molecule has 0 aromatic heterocycles. The van der Waals surface area contributed by atoms with E-state index in [0.717, 1.165) is 12.1 Å². The fraction of sp³-hybridized carbons (Fsp3) is 0.182. The minimum atomic E-state index is -1.37. The molecule has 4 N–H and O–H groups in total. The number of aliphatic carboxylic acids is 2. The number of halogens is 1. The molecule has 1 aromatic rings. The molecule has 1 amide bonds. The number of rotatable bonds is 5. The Morgan fingerprint density at radius 1 is 1.16 bits per heavy atom. The molecule has 0 aliphatic carbocycles. The van der Waals surface area contributed by atoms with Crippen molar-refractivity contribution in [1.29, 1.82) is 0 Å². The van der Waals surface area contributed by atoms with Crippen LogP contribution in [-0.2, 0) is 9.59 Å². The molecule has 0 fully saturated rings. The molecule has 0 heterocycles. The Balaban J connectivity index is 3.00. The Hall–Kier alpha value is -2.64. The minimum absolute atomic E-state index is 0.167. The van der Waals surface area contributed by atoms with Crippen LogP contribution in [0.5, 0.6) is 0 Å². The third-order valence-corrected chi connectivity index (χ3v) is 2.19. The van der Waals surface area contributed by atoms with E-state index in [1.54, 1.807) is 0 Å². The molecule has 8 heteroatoms. The van der Waals surface area contributed by atoms with E-state index in [9.17, 15) is 18.8 Å². The quantitative estimate of drug-likeness (QED) is 0.648. The van der Waals surface area contributed by atoms with Gasteiger partial charge in [-0.1, -0.05) is 0 Å². The number of nitrogens with two attached hydrogens (primary N) is 1. The summed E-state index contributed by atoms with van der Waals surface area (Å²) in [6.45, 7) is -1.59. The molecule has 0 atom stereocenters. The van der Waals surface area contributed by atoms with Gasteiger partial charge in [0, 0.05) is 5.56 Å². The van der Waals surface area contributed by atoms with Gasteiger partial charge in [-0.25, -0.2) is 4.39 Å². The number of nitrogens with zero attached hydrogens (tertiary/aromatic N) is 1. The topological polar surface area (TPSA) is 121 Å². The molecule has 19 heavy (non-hydrogen) atoms. The zero-order valence-corrected chi connectivity index (χ0v) is 9.67. The number of carboxylic acid groups (broad SMARTS) is 2. The zero-order chi connectivity index (χ0) is 14.6. The second-order valence-electron chi connectivity index (χ2n) is 3.68. The fourth-order valence-corrected chi connectivity index (χ4v) is 1.37. The van der Waals surface area contributed by atoms with Gasteiger partial charge in [0.2, 0.25) is 0 Å². The van der Waals surface area contributed by atoms with E-state index < -0.39 is 36.8 Å². The Morgan fingerprint density at radius 2 is 1.68 bits per heavy atom. The molecule has 0 aliphatic rings. The Labute approximate surface area is 107 Å². The molecule has 0 saturated heterocycles. The molecule has 0 radical (unpaired) electrons. The molecule has 0 spiro atoms. The molecule has 102 valence electrons. The van der Waals surface area contributed by atoms with Crippen LogP contribution in [0.4, 0.5) is 10.1 Å². The van der Waals surface area contributed by atoms with Gasteiger partial charge in [-0.05, 0) is 18.2 Å². The number of hydrogen-bond acceptors (Lipinski definition) is 4. The van der Waals surface area contributed by atoms with E-state index in [2.05, 4.69) is 0 Å². The number of carbonyl (C=O) groups is 3. The van der Waals surface area contributed by atoms with Gasteiger partial charge in [-0.3, -0.25) is 14.4 Å². The summed E-state index contributed by atoms with van der Waals surface area (Å²) in [5.74, 6) is -4.48. The van der Waals surface area contributed by atoms with Gasteiger partial charge in [0.05, 0.1) is 5.69 Å². The van der Waals surface area contributed by atoms with Crippen LogP contribution in [0.2, 0.25) is 0 Å². The highest BCUT2D eigenvalue weighted by Crippen LogP contribution is 2.13. The number of nitrogen functional groups attached to an aromatic ring is 1. The Bertz CT molecular complexity index is 516. The summed E-state index contributed by atoms with van der Waals surface area (Å²) in [5.41, 5.74) is 4.90. The summed E-state index contributed by atoms with van der Waals surface area (Å²) in [6, 6.07) is 3.16. The van der Waals surface area contributed by atoms with Crippen molar-refractivity contribution in [2.75, 3.05) is 18.8 Å². The Kier molecular flexibility index (Phi) is 4.41. The third-order valence-electron chi connectivity index (χ3n) is 2.19. The molecule has 0 aliphatic heterocycles. The molecule has 0 bridgehead atoms. The summed E-state index contributed by atoms with van der Waals surface area (Å²) in [6.07, 6.45) is 0. The lowest BCUT2D eigenvalue weighted by Crippen LogP contribution is -2.39. The van der Waals surface area contributed by atoms with Gasteiger partial charge in [-0.2, -0.15) is 0 Å². The summed E-state index contributed by atoms with van der Waals surface area (Å²) in [7, 11) is 0. The van der Waals surface area contributed by atoms with E-state index in [4.69, 9.17) is 15.9 Å². The van der Waals surface area contributed by atoms with Gasteiger partial charge in [0.25, 0.3) is 5.91 Å². The maximum absolute atomic E-state index is 13.2. The first-order valence-corrected chi connectivity index (χ1v) is 5.09. The standard InChI is InChI=1S/C11H11FN2O5/c12-7-3-6(1-2-8(7)13)11(19)14(4-9(15)16)5-10(17)18/h1-3H,4-5,13H2,(H,15,16)(H,17,18). The first-order chi connectivity index (χ1) is 8.81. The zero-order valence-electron chi connectivity index (χ0n) is 9.67. The average Bonchev–Trinajstić information content (AvgIpc) is 2.29. The normalized spacial score (nSPS) is 9.95. The highest BCUT2D eigenvalue weighted by Gasteiger charge is 2.21. The number of amides is 1. The van der Waals surface area contributed by atoms with Crippen molar-refractivity contribution >= 4 is 23.5 Å². The maximum atomic E-state index is 13.2. The summed E-state index contributed by atoms with van der Waals surface area (Å²) >= 11 is 0. The minimum Gasteiger partial charge on any atom is -0.480 e. The van der Waals surface area contributed by atoms with Crippen molar-refractivity contribution in [1.82, 2.24) is 4.90 Å². The maximum Gasteiger partial charge on any atom is 0.323 e. The van der Waals surface area contributed by atoms with Gasteiger partial charge in [0.1, 0.15) is 18.9 Å². The third kappa shape index (κ3) is 3.95. The van der Waals surface area contributed by atoms with Crippen molar-refractivity contribution in [2.45, 2.75) is 0 Å². The SMILES string of the molecule is Nc1ccc(C(=O)N(CC(=O)O)CC(=O)O)cc1F. The fourth-order valence-electron chi connectivity index (χ4n) is 1.37. The van der Waals surface area contributed by atoms with Crippen LogP contribution in [0.15, 0.2) is 18.2 Å². The van der Waals surface area contributed by atoms with Crippen LogP contribution in [0.25, 0.3) is 0 Å². The van der Waals surface area contributed by atoms with Crippen molar-refractivity contribution in [2.24, 2.45) is 0 Å². The van der Waals surface area contributed by atoms with Crippen LogP contribution >= 0.6 is 0 Å². The van der Waals surface area contributed by atoms with Crippen LogP contribution < -0.4 is 5.73 Å². The second kappa shape index (κ2) is 5.80. The molecular weight excluding hydrogens is 259 g/mol. The summed E-state index contributed by atoms with van der Waals surface area (Å²) < 4.78 is 13.2. The van der Waals surface area contributed by atoms with Crippen LogP contribution in [0.1, 0.15) is 10.4 Å². The van der Waals surface area contributed by atoms with Crippen molar-refractivity contribution in [3.8, 4) is 0 Å². The lowest BCUT2D eigenvalue weighted by Gasteiger charge is -2.18. The van der Waals surface area contributed by atoms with E-state index >= 15 is 0 Å². The predicted molar refractivity (Wildman–Crippen MR) is 62.0 cm³/mol. The average molecular weight is 270 g/mol. The second-order valence-corrected chi connectivity index (χ2v) is 3.68. The molecule has 0 saturated carbocycles. The summed E-state index contributed by atoms with van der Waals surface area (Å²) in [4.78, 5) is 33.6. The molecule has 1 aromatic carbocycles. The smallest absolute Gasteiger partial charge is 0.323 e. The number of carboxylic acids is 2. The lowest BCUT2D eigenvalue weighted by atomic mass is 10.1. The largest absolute Gasteiger partial charge is 0.480 e. The van der Waals surface area contributed by atoms with E-state index in [0.29, 0.717) is 4.90 Å². The number of hydrogen-bond donors (Lipinski definition) is 3. The van der Waals surface area contributed by atoms with Crippen molar-refractivity contribution in [3.63, 3.8) is 0 Å². The highest BCUT2D eigenvalue weighted by atomic mass is 19.1. The van der Waals surface area contributed by atoms with Gasteiger partial charge >= 0.3 is 11.9 Å². The van der Waals surface area contributed by atoms with Crippen LogP contribution in [0.3, 0.4) is 0 Å². The highest BCUT2D eigenvalue weighted by molar-refractivity contribution is 5.97. The van der Waals surface area contributed by atoms with Crippen LogP contribution in [0, 0.1) is 5.82 Å². The first kappa shape index (κ1) is 14.4. The Morgan fingerprint density at radius 3 is 2.11 bits per heavy atom. The van der Waals surface area contributed by atoms with Crippen molar-refractivity contribution < 1.29 is 29.0 Å². The lowest BCUT2D eigenvalue weighted by molar-refractivity contribution is -0.140. The number of benzene rings is 1. The van der Waals surface area contributed by atoms with Crippen molar-refractivity contribution in [3.05, 3.63) is 29.6 Å². The first-order valence-electron chi connectivity index (χ1n) is 5.09. The van der Waals surface area contributed by atoms with E-state index in [-0.39, 0.29) is 11.3 Å². The molecule has 7 nitrogen and oxygen atoms in total. The van der Waals surface area contributed by atoms with Crippen LogP contribution in [-0.4, -0.2) is 46.0 Å². The molecular formula is C11H11FN2O5. The molecule has 1 rings (SSSR count). The van der Waals surface area contributed by atoms with E-state index in [1.807, 2.05) is 0 Å². The summed E-state index contributed by atoms with van der Waals surface area (Å²) in [5, 5.41) is 17.2.